The minimum absolute atomic E-state index is 0.226. The van der Waals surface area contributed by atoms with Crippen molar-refractivity contribution < 1.29 is 15.4 Å². The maximum Gasteiger partial charge on any atom is 0.159 e. The molecule has 2 rings (SSSR count). The average molecular weight is 166 g/mol. The molecule has 1 heterocycles. The summed E-state index contributed by atoms with van der Waals surface area (Å²) in [5, 5.41) is 31.2. The summed E-state index contributed by atoms with van der Waals surface area (Å²) in [4.78, 5) is 0.633. The number of hydrogen-bond acceptors (Lipinski definition) is 4. The van der Waals surface area contributed by atoms with Crippen molar-refractivity contribution in [3.05, 3.63) is 18.3 Å². The van der Waals surface area contributed by atoms with E-state index in [9.17, 15) is 0 Å². The van der Waals surface area contributed by atoms with E-state index in [4.69, 9.17) is 15.4 Å². The zero-order valence-electron chi connectivity index (χ0n) is 5.97. The highest BCUT2D eigenvalue weighted by atomic mass is 16.5. The Morgan fingerprint density at radius 3 is 2.58 bits per heavy atom. The van der Waals surface area contributed by atoms with Crippen LogP contribution in [0.1, 0.15) is 0 Å². The van der Waals surface area contributed by atoms with Gasteiger partial charge in [-0.2, -0.15) is 0 Å². The molecule has 5 nitrogen and oxygen atoms in total. The molecule has 5 heteroatoms. The second kappa shape index (κ2) is 2.04. The fourth-order valence-corrected chi connectivity index (χ4v) is 1.04. The van der Waals surface area contributed by atoms with Gasteiger partial charge in [-0.25, -0.2) is 0 Å². The molecule has 12 heavy (non-hydrogen) atoms. The van der Waals surface area contributed by atoms with E-state index in [2.05, 4.69) is 5.10 Å². The predicted octanol–water partition coefficient (Wildman–Crippen LogP) is 0.685. The lowest BCUT2D eigenvalue weighted by molar-refractivity contribution is 0.161. The standard InChI is InChI=1S/C7H6N2O3/c10-6-1-4-3-8-9(12)5(4)2-7(6)11/h1-3,10-12H. The molecule has 0 bridgehead atoms. The molecule has 0 saturated heterocycles. The van der Waals surface area contributed by atoms with Crippen LogP contribution in [-0.2, 0) is 0 Å². The molecule has 2 aromatic rings. The predicted molar refractivity (Wildman–Crippen MR) is 40.2 cm³/mol. The van der Waals surface area contributed by atoms with Crippen molar-refractivity contribution in [3.63, 3.8) is 0 Å². The Hall–Kier alpha value is -1.91. The van der Waals surface area contributed by atoms with E-state index in [1.54, 1.807) is 0 Å². The van der Waals surface area contributed by atoms with Gasteiger partial charge in [0.05, 0.1) is 6.20 Å². The number of nitrogens with zero attached hydrogens (tertiary/aromatic N) is 2. The SMILES string of the molecule is Oc1cc2cnn(O)c2cc1O. The summed E-state index contributed by atoms with van der Waals surface area (Å²) in [5.74, 6) is -0.506. The molecule has 3 N–H and O–H groups in total. The third-order valence-corrected chi connectivity index (χ3v) is 1.65. The van der Waals surface area contributed by atoms with Gasteiger partial charge in [0.2, 0.25) is 0 Å². The minimum Gasteiger partial charge on any atom is -0.504 e. The smallest absolute Gasteiger partial charge is 0.159 e. The lowest BCUT2D eigenvalue weighted by atomic mass is 10.2. The second-order valence-corrected chi connectivity index (χ2v) is 2.43. The van der Waals surface area contributed by atoms with Gasteiger partial charge in [0.1, 0.15) is 5.52 Å². The van der Waals surface area contributed by atoms with Crippen LogP contribution in [0.3, 0.4) is 0 Å². The zero-order valence-corrected chi connectivity index (χ0v) is 5.97. The highest BCUT2D eigenvalue weighted by Gasteiger charge is 2.06. The van der Waals surface area contributed by atoms with Gasteiger partial charge in [-0.1, -0.05) is 0 Å². The van der Waals surface area contributed by atoms with Gasteiger partial charge in [0.15, 0.2) is 11.5 Å². The van der Waals surface area contributed by atoms with Crippen LogP contribution in [0.4, 0.5) is 0 Å². The quantitative estimate of drug-likeness (QED) is 0.397. The number of phenols is 2. The van der Waals surface area contributed by atoms with Crippen LogP contribution in [0.5, 0.6) is 11.5 Å². The Balaban J connectivity index is 2.87. The maximum atomic E-state index is 9.06. The first kappa shape index (κ1) is 6.78. The number of aromatic hydroxyl groups is 2. The first-order chi connectivity index (χ1) is 5.68. The van der Waals surface area contributed by atoms with Crippen LogP contribution in [-0.4, -0.2) is 25.4 Å². The van der Waals surface area contributed by atoms with Crippen LogP contribution < -0.4 is 0 Å². The van der Waals surface area contributed by atoms with Crippen LogP contribution >= 0.6 is 0 Å². The molecule has 0 fully saturated rings. The topological polar surface area (TPSA) is 78.5 Å². The fourth-order valence-electron chi connectivity index (χ4n) is 1.04. The molecule has 62 valence electrons. The molecule has 0 unspecified atom stereocenters. The molecule has 0 amide bonds. The molecule has 0 aliphatic heterocycles. The minimum atomic E-state index is -0.279. The van der Waals surface area contributed by atoms with Crippen molar-refractivity contribution >= 4 is 10.9 Å². The van der Waals surface area contributed by atoms with E-state index in [0.29, 0.717) is 15.7 Å². The number of aromatic nitrogens is 2. The monoisotopic (exact) mass is 166 g/mol. The third-order valence-electron chi connectivity index (χ3n) is 1.65. The number of fused-ring (bicyclic) bond motifs is 1. The molecule has 0 spiro atoms. The zero-order chi connectivity index (χ0) is 8.72. The molecule has 0 atom stereocenters. The molecule has 0 aliphatic rings. The van der Waals surface area contributed by atoms with Crippen molar-refractivity contribution in [2.24, 2.45) is 0 Å². The molecule has 0 saturated carbocycles. The van der Waals surface area contributed by atoms with E-state index >= 15 is 0 Å². The summed E-state index contributed by atoms with van der Waals surface area (Å²) in [7, 11) is 0. The van der Waals surface area contributed by atoms with Crippen molar-refractivity contribution in [2.45, 2.75) is 0 Å². The molecule has 1 aromatic heterocycles. The Bertz CT molecular complexity index is 435. The van der Waals surface area contributed by atoms with E-state index in [1.807, 2.05) is 0 Å². The van der Waals surface area contributed by atoms with E-state index in [1.165, 1.54) is 18.3 Å². The van der Waals surface area contributed by atoms with Crippen LogP contribution in [0.15, 0.2) is 18.3 Å². The summed E-state index contributed by atoms with van der Waals surface area (Å²) < 4.78 is 0. The number of hydrogen-bond donors (Lipinski definition) is 3. The normalized spacial score (nSPS) is 10.7. The van der Waals surface area contributed by atoms with Gasteiger partial charge in [0.25, 0.3) is 0 Å². The first-order valence-electron chi connectivity index (χ1n) is 3.27. The van der Waals surface area contributed by atoms with Gasteiger partial charge >= 0.3 is 0 Å². The maximum absolute atomic E-state index is 9.06. The van der Waals surface area contributed by atoms with E-state index in [0.717, 1.165) is 0 Å². The second-order valence-electron chi connectivity index (χ2n) is 2.43. The Morgan fingerprint density at radius 1 is 1.17 bits per heavy atom. The summed E-state index contributed by atoms with van der Waals surface area (Å²) in [6.45, 7) is 0. The highest BCUT2D eigenvalue weighted by molar-refractivity contribution is 5.82. The number of phenolic OH excluding ortho intramolecular Hbond substituents is 2. The van der Waals surface area contributed by atoms with Crippen LogP contribution in [0, 0.1) is 0 Å². The van der Waals surface area contributed by atoms with Crippen molar-refractivity contribution in [3.8, 4) is 11.5 Å². The summed E-state index contributed by atoms with van der Waals surface area (Å²) in [5.41, 5.74) is 0.352. The van der Waals surface area contributed by atoms with Crippen LogP contribution in [0.25, 0.3) is 10.9 Å². The first-order valence-corrected chi connectivity index (χ1v) is 3.27. The van der Waals surface area contributed by atoms with E-state index < -0.39 is 0 Å². The van der Waals surface area contributed by atoms with Gasteiger partial charge in [0, 0.05) is 11.5 Å². The summed E-state index contributed by atoms with van der Waals surface area (Å²) in [6, 6.07) is 2.56. The van der Waals surface area contributed by atoms with Crippen LogP contribution in [0.2, 0.25) is 0 Å². The van der Waals surface area contributed by atoms with Crippen molar-refractivity contribution in [1.29, 1.82) is 0 Å². The average Bonchev–Trinajstić information content (AvgIpc) is 2.35. The summed E-state index contributed by atoms with van der Waals surface area (Å²) >= 11 is 0. The Morgan fingerprint density at radius 2 is 1.83 bits per heavy atom. The van der Waals surface area contributed by atoms with Gasteiger partial charge < -0.3 is 15.4 Å². The van der Waals surface area contributed by atoms with Gasteiger partial charge in [-0.3, -0.25) is 0 Å². The molecular formula is C7H6N2O3. The number of rotatable bonds is 0. The van der Waals surface area contributed by atoms with Gasteiger partial charge in [-0.05, 0) is 6.07 Å². The molecule has 1 aromatic carbocycles. The van der Waals surface area contributed by atoms with Gasteiger partial charge in [-0.15, -0.1) is 9.94 Å². The fraction of sp³-hybridized carbons (Fsp3) is 0. The summed E-state index contributed by atoms with van der Waals surface area (Å²) in [6.07, 6.45) is 1.38. The van der Waals surface area contributed by atoms with E-state index in [-0.39, 0.29) is 11.5 Å². The highest BCUT2D eigenvalue weighted by Crippen LogP contribution is 2.29. The van der Waals surface area contributed by atoms with Crippen molar-refractivity contribution in [1.82, 2.24) is 9.94 Å². The third kappa shape index (κ3) is 0.763. The lowest BCUT2D eigenvalue weighted by Gasteiger charge is -1.96. The molecule has 0 aliphatic carbocycles. The lowest BCUT2D eigenvalue weighted by Crippen LogP contribution is -1.90. The number of benzene rings is 1. The van der Waals surface area contributed by atoms with Crippen molar-refractivity contribution in [2.75, 3.05) is 0 Å². The molecular weight excluding hydrogens is 160 g/mol. The largest absolute Gasteiger partial charge is 0.504 e. The molecule has 0 radical (unpaired) electrons. The Kier molecular flexibility index (Phi) is 1.15. The Labute approximate surface area is 67.1 Å².